The Morgan fingerprint density at radius 2 is 1.94 bits per heavy atom. The van der Waals surface area contributed by atoms with Gasteiger partial charge in [-0.1, -0.05) is 12.1 Å². The van der Waals surface area contributed by atoms with E-state index in [1.165, 1.54) is 0 Å². The molecule has 0 radical (unpaired) electrons. The number of nitrogens with two attached hydrogens (primary N) is 1. The Labute approximate surface area is 106 Å². The van der Waals surface area contributed by atoms with Crippen LogP contribution in [0.4, 0.5) is 0 Å². The van der Waals surface area contributed by atoms with E-state index in [-0.39, 0.29) is 6.04 Å². The fourth-order valence-electron chi connectivity index (χ4n) is 1.51. The van der Waals surface area contributed by atoms with E-state index in [9.17, 15) is 0 Å². The van der Waals surface area contributed by atoms with Crippen molar-refractivity contribution in [2.24, 2.45) is 5.73 Å². The number of ether oxygens (including phenoxy) is 2. The topological polar surface area (TPSA) is 57.4 Å². The van der Waals surface area contributed by atoms with Crippen LogP contribution in [-0.2, 0) is 0 Å². The molecule has 0 amide bonds. The average molecular weight is 244 g/mol. The second-order valence-corrected chi connectivity index (χ2v) is 4.00. The third-order valence-corrected chi connectivity index (χ3v) is 2.55. The van der Waals surface area contributed by atoms with Crippen molar-refractivity contribution < 1.29 is 9.47 Å². The van der Waals surface area contributed by atoms with Gasteiger partial charge < -0.3 is 15.2 Å². The first kappa shape index (κ1) is 12.4. The number of hydrogen-bond donors (Lipinski definition) is 1. The van der Waals surface area contributed by atoms with Gasteiger partial charge in [0.25, 0.3) is 0 Å². The molecule has 0 unspecified atom stereocenters. The van der Waals surface area contributed by atoms with Crippen molar-refractivity contribution in [2.75, 3.05) is 7.11 Å². The van der Waals surface area contributed by atoms with Crippen molar-refractivity contribution in [3.63, 3.8) is 0 Å². The molecule has 4 nitrogen and oxygen atoms in total. The molecule has 0 aliphatic carbocycles. The smallest absolute Gasteiger partial charge is 0.219 e. The molecule has 0 aliphatic rings. The first-order valence-electron chi connectivity index (χ1n) is 5.72. The second-order valence-electron chi connectivity index (χ2n) is 4.00. The van der Waals surface area contributed by atoms with E-state index < -0.39 is 0 Å². The quantitative estimate of drug-likeness (QED) is 0.898. The van der Waals surface area contributed by atoms with E-state index in [1.54, 1.807) is 25.4 Å². The summed E-state index contributed by atoms with van der Waals surface area (Å²) in [4.78, 5) is 4.21. The molecule has 1 atom stereocenters. The number of pyridine rings is 1. The third-order valence-electron chi connectivity index (χ3n) is 2.55. The van der Waals surface area contributed by atoms with Crippen LogP contribution in [0.1, 0.15) is 18.5 Å². The van der Waals surface area contributed by atoms with Crippen molar-refractivity contribution in [3.05, 3.63) is 48.2 Å². The summed E-state index contributed by atoms with van der Waals surface area (Å²) < 4.78 is 10.7. The van der Waals surface area contributed by atoms with E-state index in [2.05, 4.69) is 4.98 Å². The minimum absolute atomic E-state index is 0.0247. The van der Waals surface area contributed by atoms with Crippen molar-refractivity contribution in [1.29, 1.82) is 0 Å². The highest BCUT2D eigenvalue weighted by Gasteiger charge is 2.03. The van der Waals surface area contributed by atoms with Crippen molar-refractivity contribution in [2.45, 2.75) is 13.0 Å². The average Bonchev–Trinajstić information content (AvgIpc) is 2.39. The van der Waals surface area contributed by atoms with E-state index in [0.717, 1.165) is 11.3 Å². The molecule has 18 heavy (non-hydrogen) atoms. The number of rotatable bonds is 4. The van der Waals surface area contributed by atoms with Crippen LogP contribution in [0.25, 0.3) is 0 Å². The van der Waals surface area contributed by atoms with Crippen LogP contribution in [0.2, 0.25) is 0 Å². The molecule has 4 heteroatoms. The zero-order chi connectivity index (χ0) is 13.0. The predicted octanol–water partition coefficient (Wildman–Crippen LogP) is 2.90. The van der Waals surface area contributed by atoms with E-state index >= 15 is 0 Å². The molecular weight excluding hydrogens is 228 g/mol. The zero-order valence-corrected chi connectivity index (χ0v) is 10.5. The van der Waals surface area contributed by atoms with Crippen molar-refractivity contribution >= 4 is 0 Å². The van der Waals surface area contributed by atoms with Gasteiger partial charge in [0.05, 0.1) is 7.11 Å². The molecule has 2 rings (SSSR count). The van der Waals surface area contributed by atoms with Gasteiger partial charge in [0.1, 0.15) is 11.5 Å². The lowest BCUT2D eigenvalue weighted by Gasteiger charge is -2.08. The Morgan fingerprint density at radius 3 is 2.56 bits per heavy atom. The number of benzene rings is 1. The fourth-order valence-corrected chi connectivity index (χ4v) is 1.51. The molecule has 1 aromatic heterocycles. The van der Waals surface area contributed by atoms with Gasteiger partial charge in [-0.2, -0.15) is 0 Å². The molecule has 1 aromatic carbocycles. The van der Waals surface area contributed by atoms with Gasteiger partial charge in [0.2, 0.25) is 5.88 Å². The lowest BCUT2D eigenvalue weighted by Crippen LogP contribution is -2.05. The first-order chi connectivity index (χ1) is 8.69. The van der Waals surface area contributed by atoms with Crippen LogP contribution in [-0.4, -0.2) is 12.1 Å². The Morgan fingerprint density at radius 1 is 1.17 bits per heavy atom. The van der Waals surface area contributed by atoms with Gasteiger partial charge in [0, 0.05) is 24.4 Å². The van der Waals surface area contributed by atoms with Gasteiger partial charge in [-0.25, -0.2) is 4.98 Å². The molecule has 2 aromatic rings. The van der Waals surface area contributed by atoms with Crippen LogP contribution in [0, 0.1) is 0 Å². The van der Waals surface area contributed by atoms with Gasteiger partial charge in [-0.3, -0.25) is 0 Å². The fraction of sp³-hybridized carbons (Fsp3) is 0.214. The van der Waals surface area contributed by atoms with Crippen molar-refractivity contribution in [3.8, 4) is 17.4 Å². The number of hydrogen-bond acceptors (Lipinski definition) is 4. The molecule has 0 aliphatic heterocycles. The highest BCUT2D eigenvalue weighted by molar-refractivity contribution is 5.35. The highest BCUT2D eigenvalue weighted by atomic mass is 16.5. The Kier molecular flexibility index (Phi) is 3.79. The Hall–Kier alpha value is -2.07. The number of nitrogens with zero attached hydrogens (tertiary/aromatic N) is 1. The van der Waals surface area contributed by atoms with Gasteiger partial charge in [-0.15, -0.1) is 0 Å². The maximum atomic E-state index is 5.76. The van der Waals surface area contributed by atoms with E-state index in [1.807, 2.05) is 31.2 Å². The summed E-state index contributed by atoms with van der Waals surface area (Å²) in [6, 6.07) is 11.1. The summed E-state index contributed by atoms with van der Waals surface area (Å²) in [7, 11) is 1.62. The standard InChI is InChI=1S/C14H16N2O2/c1-10(15)11-6-7-14(16-9-11)18-13-5-3-4-12(8-13)17-2/h3-10H,15H2,1-2H3/t10-/m1/s1. The first-order valence-corrected chi connectivity index (χ1v) is 5.72. The number of methoxy groups -OCH3 is 1. The van der Waals surface area contributed by atoms with Gasteiger partial charge >= 0.3 is 0 Å². The second kappa shape index (κ2) is 5.51. The summed E-state index contributed by atoms with van der Waals surface area (Å²) >= 11 is 0. The molecular formula is C14H16N2O2. The van der Waals surface area contributed by atoms with Gasteiger partial charge in [0.15, 0.2) is 0 Å². The summed E-state index contributed by atoms with van der Waals surface area (Å²) in [5.41, 5.74) is 6.74. The predicted molar refractivity (Wildman–Crippen MR) is 69.9 cm³/mol. The third kappa shape index (κ3) is 2.99. The highest BCUT2D eigenvalue weighted by Crippen LogP contribution is 2.24. The summed E-state index contributed by atoms with van der Waals surface area (Å²) in [6.07, 6.45) is 1.72. The molecule has 2 N–H and O–H groups in total. The monoisotopic (exact) mass is 244 g/mol. The van der Waals surface area contributed by atoms with Crippen molar-refractivity contribution in [1.82, 2.24) is 4.98 Å². The van der Waals surface area contributed by atoms with Gasteiger partial charge in [-0.05, 0) is 24.6 Å². The van der Waals surface area contributed by atoms with E-state index in [4.69, 9.17) is 15.2 Å². The lowest BCUT2D eigenvalue weighted by atomic mass is 10.2. The van der Waals surface area contributed by atoms with Crippen LogP contribution >= 0.6 is 0 Å². The SMILES string of the molecule is COc1cccc(Oc2ccc([C@@H](C)N)cn2)c1. The lowest BCUT2D eigenvalue weighted by molar-refractivity contribution is 0.407. The molecule has 0 saturated carbocycles. The molecule has 1 heterocycles. The van der Waals surface area contributed by atoms with Crippen LogP contribution in [0.3, 0.4) is 0 Å². The van der Waals surface area contributed by atoms with Crippen LogP contribution < -0.4 is 15.2 Å². The Balaban J connectivity index is 2.13. The van der Waals surface area contributed by atoms with Crippen LogP contribution in [0.5, 0.6) is 17.4 Å². The Bertz CT molecular complexity index is 509. The minimum atomic E-state index is -0.0247. The summed E-state index contributed by atoms with van der Waals surface area (Å²) in [5.74, 6) is 1.97. The maximum absolute atomic E-state index is 5.76. The summed E-state index contributed by atoms with van der Waals surface area (Å²) in [6.45, 7) is 1.92. The molecule has 94 valence electrons. The van der Waals surface area contributed by atoms with E-state index in [0.29, 0.717) is 11.6 Å². The maximum Gasteiger partial charge on any atom is 0.219 e. The largest absolute Gasteiger partial charge is 0.497 e. The number of aromatic nitrogens is 1. The summed E-state index contributed by atoms with van der Waals surface area (Å²) in [5, 5.41) is 0. The molecule has 0 fully saturated rings. The molecule has 0 saturated heterocycles. The minimum Gasteiger partial charge on any atom is -0.497 e. The molecule has 0 spiro atoms. The normalized spacial score (nSPS) is 11.9. The molecule has 0 bridgehead atoms. The van der Waals surface area contributed by atoms with Crippen LogP contribution in [0.15, 0.2) is 42.6 Å². The zero-order valence-electron chi connectivity index (χ0n) is 10.5.